The van der Waals surface area contributed by atoms with Gasteiger partial charge in [0.2, 0.25) is 0 Å². The average molecular weight is 402 g/mol. The highest BCUT2D eigenvalue weighted by atomic mass is 32.1. The number of nitrogens with zero attached hydrogens (tertiary/aromatic N) is 1. The molecule has 0 saturated carbocycles. The number of rotatable bonds is 6. The van der Waals surface area contributed by atoms with Gasteiger partial charge in [0, 0.05) is 36.2 Å². The number of fused-ring (bicyclic) bond motifs is 1. The smallest absolute Gasteiger partial charge is 0.253 e. The number of benzene rings is 1. The van der Waals surface area contributed by atoms with E-state index in [1.165, 1.54) is 5.56 Å². The van der Waals surface area contributed by atoms with Gasteiger partial charge in [-0.25, -0.2) is 0 Å². The van der Waals surface area contributed by atoms with Gasteiger partial charge in [-0.1, -0.05) is 19.9 Å². The number of aryl methyl sites for hydroxylation is 2. The van der Waals surface area contributed by atoms with Crippen LogP contribution in [0.5, 0.6) is 0 Å². The Morgan fingerprint density at radius 3 is 2.82 bits per heavy atom. The zero-order chi connectivity index (χ0) is 20.3. The molecule has 0 aliphatic carbocycles. The van der Waals surface area contributed by atoms with Gasteiger partial charge in [0.25, 0.3) is 5.56 Å². The Kier molecular flexibility index (Phi) is 6.73. The Morgan fingerprint density at radius 1 is 1.36 bits per heavy atom. The third-order valence-electron chi connectivity index (χ3n) is 5.15. The second-order valence-electron chi connectivity index (χ2n) is 8.26. The van der Waals surface area contributed by atoms with Gasteiger partial charge in [0.1, 0.15) is 0 Å². The lowest BCUT2D eigenvalue weighted by atomic mass is 10.0. The van der Waals surface area contributed by atoms with Gasteiger partial charge >= 0.3 is 0 Å². The molecule has 0 radical (unpaired) electrons. The van der Waals surface area contributed by atoms with Gasteiger partial charge in [-0.3, -0.25) is 4.79 Å². The van der Waals surface area contributed by atoms with Crippen LogP contribution in [0.4, 0.5) is 0 Å². The van der Waals surface area contributed by atoms with E-state index < -0.39 is 0 Å². The van der Waals surface area contributed by atoms with Gasteiger partial charge in [0.15, 0.2) is 5.11 Å². The number of nitrogens with one attached hydrogen (secondary N) is 2. The van der Waals surface area contributed by atoms with Gasteiger partial charge in [0.05, 0.1) is 12.6 Å². The minimum absolute atomic E-state index is 0.0542. The summed E-state index contributed by atoms with van der Waals surface area (Å²) in [5, 5.41) is 5.11. The molecule has 2 N–H and O–H groups in total. The SMILES string of the molecule is Cc1cc(C)c2cc(CN(C[C@H]3CCCO3)C(=S)NCC(C)C)c(=O)[nH]c2c1. The van der Waals surface area contributed by atoms with Crippen molar-refractivity contribution in [2.75, 3.05) is 19.7 Å². The van der Waals surface area contributed by atoms with Crippen LogP contribution in [-0.2, 0) is 11.3 Å². The van der Waals surface area contributed by atoms with Crippen LogP contribution in [0.15, 0.2) is 23.0 Å². The number of thiocarbonyl (C=S) groups is 1. The number of ether oxygens (including phenoxy) is 1. The van der Waals surface area contributed by atoms with E-state index in [1.54, 1.807) is 0 Å². The van der Waals surface area contributed by atoms with E-state index in [4.69, 9.17) is 17.0 Å². The maximum atomic E-state index is 12.7. The Hall–Kier alpha value is -1.92. The summed E-state index contributed by atoms with van der Waals surface area (Å²) in [6, 6.07) is 6.17. The minimum Gasteiger partial charge on any atom is -0.376 e. The highest BCUT2D eigenvalue weighted by Crippen LogP contribution is 2.20. The molecule has 0 bridgehead atoms. The number of aromatic amines is 1. The van der Waals surface area contributed by atoms with Crippen LogP contribution >= 0.6 is 12.2 Å². The summed E-state index contributed by atoms with van der Waals surface area (Å²) in [5.74, 6) is 0.498. The molecule has 5 nitrogen and oxygen atoms in total. The fraction of sp³-hybridized carbons (Fsp3) is 0.545. The monoisotopic (exact) mass is 401 g/mol. The highest BCUT2D eigenvalue weighted by Gasteiger charge is 2.22. The molecule has 1 aromatic carbocycles. The van der Waals surface area contributed by atoms with Crippen molar-refractivity contribution in [2.45, 2.75) is 53.2 Å². The predicted molar refractivity (Wildman–Crippen MR) is 119 cm³/mol. The number of aromatic nitrogens is 1. The lowest BCUT2D eigenvalue weighted by molar-refractivity contribution is 0.0896. The molecule has 3 rings (SSSR count). The average Bonchev–Trinajstić information content (AvgIpc) is 3.13. The van der Waals surface area contributed by atoms with Crippen LogP contribution in [0.3, 0.4) is 0 Å². The van der Waals surface area contributed by atoms with E-state index in [9.17, 15) is 4.79 Å². The van der Waals surface area contributed by atoms with Crippen molar-refractivity contribution in [3.63, 3.8) is 0 Å². The van der Waals surface area contributed by atoms with Crippen LogP contribution < -0.4 is 10.9 Å². The van der Waals surface area contributed by atoms with Crippen molar-refractivity contribution in [3.8, 4) is 0 Å². The lowest BCUT2D eigenvalue weighted by Crippen LogP contribution is -2.44. The predicted octanol–water partition coefficient (Wildman–Crippen LogP) is 3.66. The Balaban J connectivity index is 1.87. The second-order valence-corrected chi connectivity index (χ2v) is 8.65. The Bertz CT molecular complexity index is 901. The molecule has 28 heavy (non-hydrogen) atoms. The summed E-state index contributed by atoms with van der Waals surface area (Å²) in [4.78, 5) is 17.9. The molecule has 1 aliphatic heterocycles. The summed E-state index contributed by atoms with van der Waals surface area (Å²) in [6.45, 7) is 11.2. The van der Waals surface area contributed by atoms with E-state index in [0.29, 0.717) is 24.1 Å². The zero-order valence-electron chi connectivity index (χ0n) is 17.3. The van der Waals surface area contributed by atoms with Crippen LogP contribution in [0.2, 0.25) is 0 Å². The van der Waals surface area contributed by atoms with Gasteiger partial charge in [-0.2, -0.15) is 0 Å². The van der Waals surface area contributed by atoms with E-state index >= 15 is 0 Å². The molecule has 0 unspecified atom stereocenters. The first-order valence-electron chi connectivity index (χ1n) is 10.1. The molecule has 1 aromatic heterocycles. The van der Waals surface area contributed by atoms with Crippen molar-refractivity contribution < 1.29 is 4.74 Å². The second kappa shape index (κ2) is 9.05. The van der Waals surface area contributed by atoms with Crippen molar-refractivity contribution >= 4 is 28.2 Å². The first-order chi connectivity index (χ1) is 13.3. The van der Waals surface area contributed by atoms with Crippen LogP contribution in [0.25, 0.3) is 10.9 Å². The fourth-order valence-electron chi connectivity index (χ4n) is 3.70. The minimum atomic E-state index is -0.0542. The number of hydrogen-bond acceptors (Lipinski definition) is 3. The summed E-state index contributed by atoms with van der Waals surface area (Å²) in [7, 11) is 0. The van der Waals surface area contributed by atoms with Gasteiger partial charge in [-0.05, 0) is 68.1 Å². The van der Waals surface area contributed by atoms with Crippen molar-refractivity contribution in [1.29, 1.82) is 0 Å². The highest BCUT2D eigenvalue weighted by molar-refractivity contribution is 7.80. The summed E-state index contributed by atoms with van der Waals surface area (Å²) < 4.78 is 5.81. The molecular weight excluding hydrogens is 370 g/mol. The van der Waals surface area contributed by atoms with Gasteiger partial charge < -0.3 is 19.9 Å². The largest absolute Gasteiger partial charge is 0.376 e. The maximum absolute atomic E-state index is 12.7. The molecular formula is C22H31N3O2S. The summed E-state index contributed by atoms with van der Waals surface area (Å²) in [5.41, 5.74) is 3.87. The molecule has 0 spiro atoms. The molecule has 1 aliphatic rings. The lowest BCUT2D eigenvalue weighted by Gasteiger charge is -2.28. The van der Waals surface area contributed by atoms with Crippen molar-refractivity contribution in [3.05, 3.63) is 45.2 Å². The van der Waals surface area contributed by atoms with Crippen LogP contribution in [0, 0.1) is 19.8 Å². The van der Waals surface area contributed by atoms with E-state index in [1.807, 2.05) is 19.1 Å². The van der Waals surface area contributed by atoms with Crippen molar-refractivity contribution in [1.82, 2.24) is 15.2 Å². The Morgan fingerprint density at radius 2 is 2.14 bits per heavy atom. The molecule has 1 saturated heterocycles. The molecule has 0 amide bonds. The van der Waals surface area contributed by atoms with Crippen LogP contribution in [0.1, 0.15) is 43.4 Å². The summed E-state index contributed by atoms with van der Waals surface area (Å²) in [6.07, 6.45) is 2.29. The fourth-order valence-corrected chi connectivity index (χ4v) is 3.92. The summed E-state index contributed by atoms with van der Waals surface area (Å²) >= 11 is 5.66. The number of H-pyrrole nitrogens is 1. The zero-order valence-corrected chi connectivity index (χ0v) is 18.1. The number of hydrogen-bond donors (Lipinski definition) is 2. The molecule has 2 heterocycles. The quantitative estimate of drug-likeness (QED) is 0.724. The third-order valence-corrected chi connectivity index (χ3v) is 5.55. The third kappa shape index (κ3) is 5.11. The number of pyridine rings is 1. The van der Waals surface area contributed by atoms with Crippen molar-refractivity contribution in [2.24, 2.45) is 5.92 Å². The first-order valence-corrected chi connectivity index (χ1v) is 10.5. The van der Waals surface area contributed by atoms with E-state index in [2.05, 4.69) is 42.0 Å². The Labute approximate surface area is 172 Å². The first kappa shape index (κ1) is 20.8. The normalized spacial score (nSPS) is 16.7. The topological polar surface area (TPSA) is 57.4 Å². The molecule has 152 valence electrons. The van der Waals surface area contributed by atoms with E-state index in [0.717, 1.165) is 48.0 Å². The molecule has 1 atom stereocenters. The van der Waals surface area contributed by atoms with E-state index in [-0.39, 0.29) is 11.7 Å². The molecule has 1 fully saturated rings. The maximum Gasteiger partial charge on any atom is 0.253 e. The van der Waals surface area contributed by atoms with Gasteiger partial charge in [-0.15, -0.1) is 0 Å². The standard InChI is InChI=1S/C22H31N3O2S/c1-14(2)11-23-22(28)25(13-18-6-5-7-27-18)12-17-10-19-16(4)8-15(3)9-20(19)24-21(17)26/h8-10,14,18H,5-7,11-13H2,1-4H3,(H,23,28)(H,24,26)/t18-/m1/s1. The molecule has 2 aromatic rings. The van der Waals surface area contributed by atoms with Crippen LogP contribution in [-0.4, -0.2) is 40.8 Å². The molecule has 6 heteroatoms.